The quantitative estimate of drug-likeness (QED) is 0.0679. The molecule has 0 heterocycles. The molecule has 278 valence electrons. The highest BCUT2D eigenvalue weighted by molar-refractivity contribution is 7.79. The number of nitrogens with zero attached hydrogens (tertiary/aromatic N) is 2. The number of hydrogen-bond donors (Lipinski definition) is 3. The van der Waals surface area contributed by atoms with Crippen molar-refractivity contribution in [2.24, 2.45) is 35.0 Å². The summed E-state index contributed by atoms with van der Waals surface area (Å²) in [4.78, 5) is 93.0. The van der Waals surface area contributed by atoms with Crippen LogP contribution in [0.4, 0.5) is 0 Å². The molecule has 1 amide bonds. The molecular weight excluding hydrogens is 682 g/mol. The Kier molecular flexibility index (Phi) is 14.3. The Balaban J connectivity index is 0.00000332. The molecule has 2 N–H and O–H groups in total. The monoisotopic (exact) mass is 727 g/mol. The van der Waals surface area contributed by atoms with Gasteiger partial charge in [0.25, 0.3) is 10.2 Å². The summed E-state index contributed by atoms with van der Waals surface area (Å²) in [5.41, 5.74) is -1.38. The summed E-state index contributed by atoms with van der Waals surface area (Å²) in [5.74, 6) is -4.76. The van der Waals surface area contributed by atoms with E-state index in [1.807, 2.05) is 13.0 Å². The van der Waals surface area contributed by atoms with Crippen LogP contribution >= 0.6 is 12.6 Å². The van der Waals surface area contributed by atoms with Crippen LogP contribution < -0.4 is 5.32 Å². The molecule has 7 unspecified atom stereocenters. The van der Waals surface area contributed by atoms with Gasteiger partial charge in [-0.05, 0) is 68.8 Å². The van der Waals surface area contributed by atoms with Gasteiger partial charge in [0.1, 0.15) is 6.54 Å². The van der Waals surface area contributed by atoms with Crippen LogP contribution in [0.1, 0.15) is 65.2 Å². The van der Waals surface area contributed by atoms with Crippen molar-refractivity contribution in [2.45, 2.75) is 76.9 Å². The molecule has 0 aliphatic heterocycles. The third-order valence-corrected chi connectivity index (χ3v) is 10.4. The van der Waals surface area contributed by atoms with Gasteiger partial charge in [-0.15, -0.1) is 20.2 Å². The van der Waals surface area contributed by atoms with Crippen molar-refractivity contribution >= 4 is 42.0 Å². The van der Waals surface area contributed by atoms with Gasteiger partial charge >= 0.3 is 11.9 Å². The molecular formula is C32H45N3O14S. The van der Waals surface area contributed by atoms with Crippen LogP contribution in [-0.2, 0) is 43.1 Å². The van der Waals surface area contributed by atoms with Gasteiger partial charge in [-0.25, -0.2) is 0 Å². The number of Topliss-reactive ketones (excluding diaryl/α,β-unsaturated/α-hetero) is 1. The van der Waals surface area contributed by atoms with Gasteiger partial charge < -0.3 is 29.6 Å². The molecule has 0 aromatic carbocycles. The highest BCUT2D eigenvalue weighted by atomic mass is 32.1. The van der Waals surface area contributed by atoms with Gasteiger partial charge in [0.2, 0.25) is 11.7 Å². The maximum atomic E-state index is 14.1. The molecule has 0 bridgehead atoms. The van der Waals surface area contributed by atoms with Gasteiger partial charge in [0, 0.05) is 36.0 Å². The summed E-state index contributed by atoms with van der Waals surface area (Å²) < 4.78 is 11.2. The van der Waals surface area contributed by atoms with Gasteiger partial charge in [-0.1, -0.05) is 25.5 Å². The van der Waals surface area contributed by atoms with Crippen LogP contribution in [0.2, 0.25) is 0 Å². The topological polar surface area (TPSA) is 241 Å². The summed E-state index contributed by atoms with van der Waals surface area (Å²) >= 11 is 3.53. The Hall–Kier alpha value is -4.06. The Labute approximate surface area is 294 Å². The fourth-order valence-corrected chi connectivity index (χ4v) is 8.43. The fourth-order valence-electron chi connectivity index (χ4n) is 8.43. The van der Waals surface area contributed by atoms with Crippen molar-refractivity contribution in [3.05, 3.63) is 44.0 Å². The molecule has 0 aromatic heterocycles. The van der Waals surface area contributed by atoms with Crippen LogP contribution in [0.25, 0.3) is 0 Å². The normalized spacial score (nSPS) is 30.5. The summed E-state index contributed by atoms with van der Waals surface area (Å²) in [7, 11) is 0. The number of fused-ring (bicyclic) bond motifs is 5. The Morgan fingerprint density at radius 2 is 1.66 bits per heavy atom. The largest absolute Gasteiger partial charge is 0.456 e. The minimum atomic E-state index is -1.77. The Morgan fingerprint density at radius 3 is 2.30 bits per heavy atom. The number of aliphatic hydroxyl groups excluding tert-OH is 1. The zero-order valence-corrected chi connectivity index (χ0v) is 29.2. The highest BCUT2D eigenvalue weighted by Crippen LogP contribution is 2.64. The summed E-state index contributed by atoms with van der Waals surface area (Å²) in [6, 6.07) is 0. The van der Waals surface area contributed by atoms with Crippen LogP contribution in [0, 0.1) is 55.2 Å². The van der Waals surface area contributed by atoms with E-state index < -0.39 is 75.9 Å². The Morgan fingerprint density at radius 1 is 1.02 bits per heavy atom. The van der Waals surface area contributed by atoms with E-state index >= 15 is 0 Å². The number of allylic oxidation sites excluding steroid dienone is 4. The molecule has 0 radical (unpaired) electrons. The third kappa shape index (κ3) is 9.18. The standard InChI is InChI=1S/C31H41N3O14.CH4S/c1-18-13-22-21-8-7-19-14-20(35)9-10-30(19,2)29(21)24(36)15-23(22)31(18,48-27(39)6-4-12-47-34(43)44)25(37)17-45-28(40)16-32-26(38)5-3-11-46-33(41)42;1-2/h9-10,14,18,21-24,29,36H,3-8,11-13,15-17H2,1-2H3,(H,32,38);2H,1H3/t18?,21?,22?,23?,24?,29?,30?,31-;/m1./s1. The third-order valence-electron chi connectivity index (χ3n) is 10.4. The first-order valence-corrected chi connectivity index (χ1v) is 17.4. The predicted molar refractivity (Wildman–Crippen MR) is 175 cm³/mol. The average molecular weight is 728 g/mol. The first-order chi connectivity index (χ1) is 23.7. The van der Waals surface area contributed by atoms with E-state index in [2.05, 4.69) is 27.6 Å². The number of rotatable bonds is 16. The molecule has 3 saturated carbocycles. The second-order valence-electron chi connectivity index (χ2n) is 13.1. The van der Waals surface area contributed by atoms with Crippen molar-refractivity contribution < 1.29 is 58.4 Å². The maximum Gasteiger partial charge on any atom is 0.325 e. The predicted octanol–water partition coefficient (Wildman–Crippen LogP) is 2.15. The number of aliphatic hydroxyl groups is 1. The maximum absolute atomic E-state index is 14.1. The molecule has 50 heavy (non-hydrogen) atoms. The minimum absolute atomic E-state index is 0.0334. The zero-order valence-electron chi connectivity index (χ0n) is 28.3. The van der Waals surface area contributed by atoms with E-state index in [1.54, 1.807) is 19.3 Å². The molecule has 4 aliphatic carbocycles. The molecule has 0 spiro atoms. The Bertz CT molecular complexity index is 1390. The van der Waals surface area contributed by atoms with Gasteiger partial charge in [0.15, 0.2) is 18.0 Å². The van der Waals surface area contributed by atoms with E-state index in [9.17, 15) is 49.3 Å². The van der Waals surface area contributed by atoms with E-state index in [1.165, 1.54) is 6.08 Å². The molecule has 18 heteroatoms. The number of esters is 2. The van der Waals surface area contributed by atoms with Crippen molar-refractivity contribution in [2.75, 3.05) is 32.6 Å². The average Bonchev–Trinajstić information content (AvgIpc) is 3.34. The van der Waals surface area contributed by atoms with Gasteiger partial charge in [-0.2, -0.15) is 12.6 Å². The van der Waals surface area contributed by atoms with Crippen LogP contribution in [0.5, 0.6) is 0 Å². The van der Waals surface area contributed by atoms with Crippen molar-refractivity contribution in [1.82, 2.24) is 5.32 Å². The van der Waals surface area contributed by atoms with Gasteiger partial charge in [0.05, 0.1) is 19.3 Å². The molecule has 0 aromatic rings. The first kappa shape index (κ1) is 40.4. The van der Waals surface area contributed by atoms with E-state index in [0.717, 1.165) is 5.57 Å². The van der Waals surface area contributed by atoms with Crippen LogP contribution in [0.15, 0.2) is 23.8 Å². The molecule has 3 fully saturated rings. The SMILES string of the molecule is CC1CC2C3CCC4=CC(=O)C=CC4(C)C3C(O)CC2[C@@]1(OC(=O)CCCO[N+](=O)[O-])C(=O)COC(=O)CNC(=O)CCCO[N+](=O)[O-].CS. The van der Waals surface area contributed by atoms with Crippen molar-refractivity contribution in [3.8, 4) is 0 Å². The lowest BCUT2D eigenvalue weighted by atomic mass is 9.49. The lowest BCUT2D eigenvalue weighted by molar-refractivity contribution is -0.757. The lowest BCUT2D eigenvalue weighted by Gasteiger charge is -2.56. The number of ketones is 2. The van der Waals surface area contributed by atoms with Crippen molar-refractivity contribution in [3.63, 3.8) is 0 Å². The smallest absolute Gasteiger partial charge is 0.325 e. The van der Waals surface area contributed by atoms with E-state index in [4.69, 9.17) is 9.47 Å². The second kappa shape index (κ2) is 17.7. The van der Waals surface area contributed by atoms with Crippen LogP contribution in [0.3, 0.4) is 0 Å². The number of carbonyl (C=O) groups is 5. The fraction of sp³-hybridized carbons (Fsp3) is 0.719. The summed E-state index contributed by atoms with van der Waals surface area (Å²) in [6.45, 7) is 1.75. The van der Waals surface area contributed by atoms with E-state index in [0.29, 0.717) is 19.3 Å². The molecule has 4 aliphatic rings. The van der Waals surface area contributed by atoms with Gasteiger partial charge in [-0.3, -0.25) is 24.0 Å². The van der Waals surface area contributed by atoms with Crippen molar-refractivity contribution in [1.29, 1.82) is 0 Å². The summed E-state index contributed by atoms with van der Waals surface area (Å²) in [6.07, 6.45) is 7.19. The minimum Gasteiger partial charge on any atom is -0.456 e. The second-order valence-corrected chi connectivity index (χ2v) is 13.1. The molecule has 8 atom stereocenters. The number of nitrogens with one attached hydrogen (secondary N) is 1. The first-order valence-electron chi connectivity index (χ1n) is 16.5. The zero-order chi connectivity index (χ0) is 37.2. The van der Waals surface area contributed by atoms with Crippen LogP contribution in [-0.4, -0.2) is 89.0 Å². The number of ether oxygens (including phenoxy) is 2. The molecule has 0 saturated heterocycles. The summed E-state index contributed by atoms with van der Waals surface area (Å²) in [5, 5.41) is 32.7. The molecule has 4 rings (SSSR count). The lowest BCUT2D eigenvalue weighted by Crippen LogP contribution is -2.59. The number of carbonyl (C=O) groups excluding carboxylic acids is 5. The highest BCUT2D eigenvalue weighted by Gasteiger charge is 2.67. The number of hydrogen-bond acceptors (Lipinski definition) is 15. The van der Waals surface area contributed by atoms with E-state index in [-0.39, 0.29) is 68.9 Å². The number of amides is 1. The molecule has 17 nitrogen and oxygen atoms in total. The number of thiol groups is 1.